The van der Waals surface area contributed by atoms with E-state index in [1.807, 2.05) is 30.3 Å². The summed E-state index contributed by atoms with van der Waals surface area (Å²) in [5, 5.41) is 3.01. The highest BCUT2D eigenvalue weighted by atomic mass is 16.5. The Morgan fingerprint density at radius 1 is 1.28 bits per heavy atom. The lowest BCUT2D eigenvalue weighted by atomic mass is 10.0. The third-order valence-electron chi connectivity index (χ3n) is 2.82. The van der Waals surface area contributed by atoms with Gasteiger partial charge in [-0.15, -0.1) is 0 Å². The lowest BCUT2D eigenvalue weighted by molar-refractivity contribution is -0.146. The molecule has 0 aromatic heterocycles. The third-order valence-corrected chi connectivity index (χ3v) is 2.82. The van der Waals surface area contributed by atoms with Gasteiger partial charge in [0, 0.05) is 6.42 Å². The van der Waals surface area contributed by atoms with Gasteiger partial charge in [-0.25, -0.2) is 0 Å². The normalized spacial score (nSPS) is 12.4. The molecule has 0 spiro atoms. The van der Waals surface area contributed by atoms with E-state index in [4.69, 9.17) is 4.74 Å². The summed E-state index contributed by atoms with van der Waals surface area (Å²) < 4.78 is 5.30. The van der Waals surface area contributed by atoms with Crippen molar-refractivity contribution < 1.29 is 9.53 Å². The van der Waals surface area contributed by atoms with Crippen molar-refractivity contribution in [1.82, 2.24) is 5.32 Å². The zero-order valence-corrected chi connectivity index (χ0v) is 11.5. The van der Waals surface area contributed by atoms with Crippen LogP contribution in [-0.4, -0.2) is 25.7 Å². The van der Waals surface area contributed by atoms with Crippen molar-refractivity contribution in [2.75, 3.05) is 13.7 Å². The molecule has 0 saturated heterocycles. The second kappa shape index (κ2) is 7.88. The molecule has 1 rings (SSSR count). The minimum absolute atomic E-state index is 0.151. The summed E-state index contributed by atoms with van der Waals surface area (Å²) in [4.78, 5) is 11.8. The van der Waals surface area contributed by atoms with E-state index in [2.05, 4.69) is 19.2 Å². The first-order valence-electron chi connectivity index (χ1n) is 6.51. The number of carbonyl (C=O) groups excluding carboxylic acids is 1. The topological polar surface area (TPSA) is 38.3 Å². The molecule has 1 N–H and O–H groups in total. The van der Waals surface area contributed by atoms with Crippen molar-refractivity contribution in [1.29, 1.82) is 0 Å². The Morgan fingerprint density at radius 2 is 1.94 bits per heavy atom. The minimum atomic E-state index is -0.194. The van der Waals surface area contributed by atoms with Gasteiger partial charge >= 0.3 is 5.97 Å². The first kappa shape index (κ1) is 14.7. The Kier molecular flexibility index (Phi) is 6.44. The molecule has 3 nitrogen and oxygen atoms in total. The van der Waals surface area contributed by atoms with E-state index in [1.54, 1.807) is 7.05 Å². The van der Waals surface area contributed by atoms with E-state index in [9.17, 15) is 4.79 Å². The summed E-state index contributed by atoms with van der Waals surface area (Å²) in [6.07, 6.45) is 1.57. The predicted molar refractivity (Wildman–Crippen MR) is 73.4 cm³/mol. The van der Waals surface area contributed by atoms with Crippen LogP contribution in [0.4, 0.5) is 0 Å². The molecule has 0 heterocycles. The van der Waals surface area contributed by atoms with Crippen molar-refractivity contribution in [2.45, 2.75) is 32.7 Å². The van der Waals surface area contributed by atoms with Crippen molar-refractivity contribution in [3.63, 3.8) is 0 Å². The van der Waals surface area contributed by atoms with Crippen LogP contribution in [0.25, 0.3) is 0 Å². The lowest BCUT2D eigenvalue weighted by Gasteiger charge is -2.17. The highest BCUT2D eigenvalue weighted by Crippen LogP contribution is 2.06. The molecule has 0 amide bonds. The van der Waals surface area contributed by atoms with Gasteiger partial charge in [0.2, 0.25) is 0 Å². The molecule has 18 heavy (non-hydrogen) atoms. The van der Waals surface area contributed by atoms with Crippen molar-refractivity contribution in [2.24, 2.45) is 5.92 Å². The van der Waals surface area contributed by atoms with E-state index in [0.717, 1.165) is 12.8 Å². The molecule has 0 saturated carbocycles. The Labute approximate surface area is 110 Å². The zero-order valence-electron chi connectivity index (χ0n) is 11.5. The summed E-state index contributed by atoms with van der Waals surface area (Å²) in [5.41, 5.74) is 1.19. The molecule has 0 fully saturated rings. The second-order valence-electron chi connectivity index (χ2n) is 4.87. The van der Waals surface area contributed by atoms with Crippen LogP contribution in [0.1, 0.15) is 25.8 Å². The monoisotopic (exact) mass is 249 g/mol. The number of likely N-dealkylation sites (N-methyl/N-ethyl adjacent to an activating group) is 1. The summed E-state index contributed by atoms with van der Waals surface area (Å²) in [6, 6.07) is 9.85. The number of carbonyl (C=O) groups is 1. The molecule has 0 radical (unpaired) electrons. The molecular weight excluding hydrogens is 226 g/mol. The van der Waals surface area contributed by atoms with Gasteiger partial charge in [0.15, 0.2) is 0 Å². The average molecular weight is 249 g/mol. The van der Waals surface area contributed by atoms with Gasteiger partial charge in [-0.2, -0.15) is 0 Å². The van der Waals surface area contributed by atoms with Gasteiger partial charge in [-0.1, -0.05) is 44.2 Å². The third kappa shape index (κ3) is 5.32. The molecular formula is C15H23NO2. The first-order valence-corrected chi connectivity index (χ1v) is 6.51. The fourth-order valence-electron chi connectivity index (χ4n) is 1.82. The number of nitrogens with one attached hydrogen (secondary N) is 1. The quantitative estimate of drug-likeness (QED) is 0.754. The molecule has 0 bridgehead atoms. The van der Waals surface area contributed by atoms with E-state index < -0.39 is 0 Å². The van der Waals surface area contributed by atoms with Crippen molar-refractivity contribution in [3.05, 3.63) is 35.9 Å². The SMILES string of the molecule is CNC(CC(C)C)C(=O)OCCc1ccccc1. The second-order valence-corrected chi connectivity index (χ2v) is 4.87. The maximum atomic E-state index is 11.8. The summed E-state index contributed by atoms with van der Waals surface area (Å²) in [7, 11) is 1.80. The molecule has 100 valence electrons. The first-order chi connectivity index (χ1) is 8.63. The maximum Gasteiger partial charge on any atom is 0.323 e. The van der Waals surface area contributed by atoms with E-state index in [1.165, 1.54) is 5.56 Å². The van der Waals surface area contributed by atoms with Crippen LogP contribution in [0.5, 0.6) is 0 Å². The number of esters is 1. The smallest absolute Gasteiger partial charge is 0.323 e. The zero-order chi connectivity index (χ0) is 13.4. The summed E-state index contributed by atoms with van der Waals surface area (Å²) in [6.45, 7) is 4.64. The van der Waals surface area contributed by atoms with Gasteiger partial charge in [0.25, 0.3) is 0 Å². The highest BCUT2D eigenvalue weighted by Gasteiger charge is 2.18. The van der Waals surface area contributed by atoms with Gasteiger partial charge in [-0.05, 0) is 24.9 Å². The number of hydrogen-bond donors (Lipinski definition) is 1. The number of hydrogen-bond acceptors (Lipinski definition) is 3. The molecule has 3 heteroatoms. The van der Waals surface area contributed by atoms with E-state index >= 15 is 0 Å². The number of ether oxygens (including phenoxy) is 1. The van der Waals surface area contributed by atoms with Crippen LogP contribution < -0.4 is 5.32 Å². The number of rotatable bonds is 7. The standard InChI is InChI=1S/C15H23NO2/c1-12(2)11-14(16-3)15(17)18-10-9-13-7-5-4-6-8-13/h4-8,12,14,16H,9-11H2,1-3H3. The van der Waals surface area contributed by atoms with Crippen LogP contribution >= 0.6 is 0 Å². The molecule has 1 unspecified atom stereocenters. The van der Waals surface area contributed by atoms with E-state index in [-0.39, 0.29) is 12.0 Å². The number of benzene rings is 1. The van der Waals surface area contributed by atoms with Crippen LogP contribution in [-0.2, 0) is 16.0 Å². The lowest BCUT2D eigenvalue weighted by Crippen LogP contribution is -2.37. The van der Waals surface area contributed by atoms with Crippen LogP contribution in [0.3, 0.4) is 0 Å². The van der Waals surface area contributed by atoms with Crippen LogP contribution in [0.15, 0.2) is 30.3 Å². The van der Waals surface area contributed by atoms with Gasteiger partial charge in [0.1, 0.15) is 6.04 Å². The Morgan fingerprint density at radius 3 is 2.50 bits per heavy atom. The van der Waals surface area contributed by atoms with Gasteiger partial charge in [0.05, 0.1) is 6.61 Å². The van der Waals surface area contributed by atoms with Crippen molar-refractivity contribution in [3.8, 4) is 0 Å². The fourth-order valence-corrected chi connectivity index (χ4v) is 1.82. The molecule has 1 aromatic carbocycles. The Hall–Kier alpha value is -1.35. The molecule has 0 aliphatic carbocycles. The van der Waals surface area contributed by atoms with Gasteiger partial charge in [-0.3, -0.25) is 4.79 Å². The maximum absolute atomic E-state index is 11.8. The summed E-state index contributed by atoms with van der Waals surface area (Å²) in [5.74, 6) is 0.325. The Bertz CT molecular complexity index is 349. The molecule has 0 aliphatic rings. The van der Waals surface area contributed by atoms with Crippen LogP contribution in [0.2, 0.25) is 0 Å². The predicted octanol–water partition coefficient (Wildman–Crippen LogP) is 2.41. The fraction of sp³-hybridized carbons (Fsp3) is 0.533. The van der Waals surface area contributed by atoms with Crippen molar-refractivity contribution >= 4 is 5.97 Å². The molecule has 0 aliphatic heterocycles. The summed E-state index contributed by atoms with van der Waals surface area (Å²) >= 11 is 0. The van der Waals surface area contributed by atoms with Gasteiger partial charge < -0.3 is 10.1 Å². The highest BCUT2D eigenvalue weighted by molar-refractivity contribution is 5.75. The largest absolute Gasteiger partial charge is 0.464 e. The average Bonchev–Trinajstić information content (AvgIpc) is 2.36. The van der Waals surface area contributed by atoms with Crippen LogP contribution in [0, 0.1) is 5.92 Å². The minimum Gasteiger partial charge on any atom is -0.464 e. The Balaban J connectivity index is 2.31. The molecule has 1 aromatic rings. The molecule has 1 atom stereocenters. The van der Waals surface area contributed by atoms with E-state index in [0.29, 0.717) is 12.5 Å².